The summed E-state index contributed by atoms with van der Waals surface area (Å²) in [6.07, 6.45) is 1.04. The summed E-state index contributed by atoms with van der Waals surface area (Å²) in [7, 11) is 1.25. The molecule has 2 rings (SSSR count). The predicted molar refractivity (Wildman–Crippen MR) is 121 cm³/mol. The highest BCUT2D eigenvalue weighted by molar-refractivity contribution is 9.10. The number of benzene rings is 1. The van der Waals surface area contributed by atoms with Gasteiger partial charge in [0, 0.05) is 11.0 Å². The average Bonchev–Trinajstić information content (AvgIpc) is 3.25. The number of aromatic nitrogens is 2. The third-order valence-corrected chi connectivity index (χ3v) is 5.51. The number of hydrogen-bond acceptors (Lipinski definition) is 5. The van der Waals surface area contributed by atoms with Crippen molar-refractivity contribution in [2.24, 2.45) is 11.8 Å². The Labute approximate surface area is 191 Å². The topological polar surface area (TPSA) is 111 Å². The van der Waals surface area contributed by atoms with Crippen molar-refractivity contribution in [2.45, 2.75) is 39.8 Å². The van der Waals surface area contributed by atoms with E-state index in [1.165, 1.54) is 7.11 Å². The number of H-pyrrole nitrogens is 1. The minimum Gasteiger partial charge on any atom is -0.453 e. The maximum absolute atomic E-state index is 13.4. The molecule has 0 saturated heterocycles. The summed E-state index contributed by atoms with van der Waals surface area (Å²) >= 11 is 3.42. The van der Waals surface area contributed by atoms with Crippen LogP contribution in [0.1, 0.15) is 39.6 Å². The number of carbonyl (C=O) groups is 2. The molecular formula is C22H28BrN5O3. The number of carbonyl (C=O) groups excluding carboxylic acids is 2. The number of ether oxygens (including phenoxy) is 1. The molecular weight excluding hydrogens is 462 g/mol. The Balaban J connectivity index is 2.34. The summed E-state index contributed by atoms with van der Waals surface area (Å²) in [5.41, 5.74) is 1.79. The van der Waals surface area contributed by atoms with Crippen molar-refractivity contribution >= 4 is 27.9 Å². The second-order valence-corrected chi connectivity index (χ2v) is 8.66. The highest BCUT2D eigenvalue weighted by Crippen LogP contribution is 2.25. The Kier molecular flexibility index (Phi) is 8.63. The number of nitrogens with zero attached hydrogens (tertiary/aromatic N) is 3. The van der Waals surface area contributed by atoms with Gasteiger partial charge in [0.05, 0.1) is 37.0 Å². The molecule has 1 aromatic heterocycles. The second kappa shape index (κ2) is 11.0. The lowest BCUT2D eigenvalue weighted by Crippen LogP contribution is -2.52. The fraction of sp³-hybridized carbons (Fsp3) is 0.455. The molecule has 1 heterocycles. The van der Waals surface area contributed by atoms with E-state index in [0.29, 0.717) is 5.82 Å². The smallest absolute Gasteiger partial charge is 0.407 e. The van der Waals surface area contributed by atoms with Crippen LogP contribution in [-0.2, 0) is 9.53 Å². The number of amides is 2. The van der Waals surface area contributed by atoms with Gasteiger partial charge in [0.2, 0.25) is 5.91 Å². The number of methoxy groups -OCH3 is 1. The van der Waals surface area contributed by atoms with E-state index in [0.717, 1.165) is 15.7 Å². The maximum atomic E-state index is 13.4. The van der Waals surface area contributed by atoms with E-state index in [-0.39, 0.29) is 18.4 Å². The third-order valence-electron chi connectivity index (χ3n) is 4.98. The number of aromatic amines is 1. The number of nitrogens with one attached hydrogen (secondary N) is 2. The highest BCUT2D eigenvalue weighted by atomic mass is 79.9. The molecule has 0 spiro atoms. The molecule has 166 valence electrons. The fourth-order valence-corrected chi connectivity index (χ4v) is 3.39. The first kappa shape index (κ1) is 24.4. The van der Waals surface area contributed by atoms with Crippen molar-refractivity contribution < 1.29 is 14.3 Å². The van der Waals surface area contributed by atoms with Gasteiger partial charge in [-0.25, -0.2) is 9.78 Å². The molecule has 9 heteroatoms. The lowest BCUT2D eigenvalue weighted by atomic mass is 10.0. The molecule has 0 aliphatic carbocycles. The number of halogens is 1. The summed E-state index contributed by atoms with van der Waals surface area (Å²) < 4.78 is 5.65. The van der Waals surface area contributed by atoms with Gasteiger partial charge in [-0.15, -0.1) is 0 Å². The zero-order chi connectivity index (χ0) is 23.1. The quantitative estimate of drug-likeness (QED) is 0.574. The maximum Gasteiger partial charge on any atom is 0.407 e. The summed E-state index contributed by atoms with van der Waals surface area (Å²) in [5.74, 6) is -0.263. The largest absolute Gasteiger partial charge is 0.453 e. The number of rotatable bonds is 8. The SMILES string of the molecule is COC(=O)NC(C(=O)N(C[C@H](C)C#N)[C@@H](C)c1ncc(-c2ccc(Br)cc2)[nH]1)C(C)C. The standard InChI is InChI=1S/C22H28BrN5O3/c1-13(2)19(27-22(30)31-5)21(29)28(12-14(3)10-24)15(4)20-25-11-18(26-20)16-6-8-17(23)9-7-16/h6-9,11,13-15,19H,12H2,1-5H3,(H,25,26)(H,27,30)/t14-,15+,19?/m1/s1. The van der Waals surface area contributed by atoms with Gasteiger partial charge in [-0.05, 0) is 37.5 Å². The molecule has 1 aromatic carbocycles. The van der Waals surface area contributed by atoms with E-state index in [1.807, 2.05) is 45.0 Å². The van der Waals surface area contributed by atoms with Crippen LogP contribution < -0.4 is 5.32 Å². The molecule has 0 saturated carbocycles. The number of imidazole rings is 1. The van der Waals surface area contributed by atoms with Gasteiger partial charge in [0.25, 0.3) is 0 Å². The fourth-order valence-electron chi connectivity index (χ4n) is 3.13. The van der Waals surface area contributed by atoms with Gasteiger partial charge in [-0.3, -0.25) is 4.79 Å². The van der Waals surface area contributed by atoms with Crippen molar-refractivity contribution in [1.29, 1.82) is 5.26 Å². The summed E-state index contributed by atoms with van der Waals surface area (Å²) in [4.78, 5) is 34.5. The van der Waals surface area contributed by atoms with Crippen molar-refractivity contribution in [3.63, 3.8) is 0 Å². The van der Waals surface area contributed by atoms with E-state index in [4.69, 9.17) is 0 Å². The average molecular weight is 490 g/mol. The van der Waals surface area contributed by atoms with Gasteiger partial charge in [-0.2, -0.15) is 5.26 Å². The van der Waals surface area contributed by atoms with E-state index in [1.54, 1.807) is 18.0 Å². The number of nitriles is 1. The van der Waals surface area contributed by atoms with E-state index < -0.39 is 24.1 Å². The molecule has 0 aliphatic rings. The molecule has 2 amide bonds. The lowest BCUT2D eigenvalue weighted by Gasteiger charge is -2.33. The first-order chi connectivity index (χ1) is 14.7. The summed E-state index contributed by atoms with van der Waals surface area (Å²) in [5, 5.41) is 11.9. The molecule has 31 heavy (non-hydrogen) atoms. The van der Waals surface area contributed by atoms with Crippen molar-refractivity contribution in [3.8, 4) is 17.3 Å². The van der Waals surface area contributed by atoms with E-state index in [9.17, 15) is 14.9 Å². The molecule has 0 fully saturated rings. The molecule has 0 aliphatic heterocycles. The second-order valence-electron chi connectivity index (χ2n) is 7.74. The van der Waals surface area contributed by atoms with Gasteiger partial charge in [0.15, 0.2) is 0 Å². The molecule has 2 aromatic rings. The van der Waals surface area contributed by atoms with E-state index >= 15 is 0 Å². The van der Waals surface area contributed by atoms with Crippen LogP contribution in [0, 0.1) is 23.2 Å². The molecule has 0 bridgehead atoms. The van der Waals surface area contributed by atoms with Crippen LogP contribution in [0.25, 0.3) is 11.3 Å². The Bertz CT molecular complexity index is 935. The van der Waals surface area contributed by atoms with Gasteiger partial charge >= 0.3 is 6.09 Å². The van der Waals surface area contributed by atoms with Crippen molar-refractivity contribution in [2.75, 3.05) is 13.7 Å². The van der Waals surface area contributed by atoms with Crippen LogP contribution in [0.5, 0.6) is 0 Å². The number of hydrogen-bond donors (Lipinski definition) is 2. The normalized spacial score (nSPS) is 13.7. The van der Waals surface area contributed by atoms with Crippen LogP contribution in [0.15, 0.2) is 34.9 Å². The van der Waals surface area contributed by atoms with Crippen LogP contribution in [0.4, 0.5) is 4.79 Å². The zero-order valence-corrected chi connectivity index (χ0v) is 19.9. The van der Waals surface area contributed by atoms with E-state index in [2.05, 4.69) is 42.0 Å². The Hall–Kier alpha value is -2.86. The number of alkyl carbamates (subject to hydrolysis) is 1. The highest BCUT2D eigenvalue weighted by Gasteiger charge is 2.33. The van der Waals surface area contributed by atoms with Gasteiger partial charge in [0.1, 0.15) is 11.9 Å². The third kappa shape index (κ3) is 6.31. The molecule has 3 atom stereocenters. The molecule has 2 N–H and O–H groups in total. The summed E-state index contributed by atoms with van der Waals surface area (Å²) in [6.45, 7) is 7.49. The van der Waals surface area contributed by atoms with Crippen LogP contribution in [-0.4, -0.2) is 46.6 Å². The molecule has 0 radical (unpaired) electrons. The molecule has 8 nitrogen and oxygen atoms in total. The van der Waals surface area contributed by atoms with Crippen LogP contribution in [0.2, 0.25) is 0 Å². The first-order valence-electron chi connectivity index (χ1n) is 10.0. The Morgan fingerprint density at radius 2 is 1.90 bits per heavy atom. The summed E-state index contributed by atoms with van der Waals surface area (Å²) in [6, 6.07) is 8.75. The lowest BCUT2D eigenvalue weighted by molar-refractivity contribution is -0.137. The first-order valence-corrected chi connectivity index (χ1v) is 10.8. The van der Waals surface area contributed by atoms with Gasteiger partial charge < -0.3 is 19.9 Å². The predicted octanol–water partition coefficient (Wildman–Crippen LogP) is 4.27. The Morgan fingerprint density at radius 3 is 2.45 bits per heavy atom. The zero-order valence-electron chi connectivity index (χ0n) is 18.3. The van der Waals surface area contributed by atoms with Gasteiger partial charge in [-0.1, -0.05) is 41.9 Å². The van der Waals surface area contributed by atoms with Crippen LogP contribution in [0.3, 0.4) is 0 Å². The van der Waals surface area contributed by atoms with Crippen molar-refractivity contribution in [1.82, 2.24) is 20.2 Å². The Morgan fingerprint density at radius 1 is 1.26 bits per heavy atom. The van der Waals surface area contributed by atoms with Crippen LogP contribution >= 0.6 is 15.9 Å². The molecule has 1 unspecified atom stereocenters. The van der Waals surface area contributed by atoms with Crippen molar-refractivity contribution in [3.05, 3.63) is 40.8 Å². The minimum atomic E-state index is -0.790. The minimum absolute atomic E-state index is 0.173. The monoisotopic (exact) mass is 489 g/mol.